The summed E-state index contributed by atoms with van der Waals surface area (Å²) in [5.74, 6) is 2.49. The molecular weight excluding hydrogens is 248 g/mol. The van der Waals surface area contributed by atoms with Gasteiger partial charge in [-0.2, -0.15) is 0 Å². The summed E-state index contributed by atoms with van der Waals surface area (Å²) in [5, 5.41) is 3.58. The molecule has 0 bridgehead atoms. The summed E-state index contributed by atoms with van der Waals surface area (Å²) in [6.07, 6.45) is 5.71. The Morgan fingerprint density at radius 2 is 2.00 bits per heavy atom. The van der Waals surface area contributed by atoms with Gasteiger partial charge in [-0.25, -0.2) is 0 Å². The second-order valence-electron chi connectivity index (χ2n) is 7.10. The number of ether oxygens (including phenoxy) is 1. The Hall–Kier alpha value is -0.120. The maximum absolute atomic E-state index is 5.81. The SMILES string of the molecule is CCN(CC1CCCO1)CC1C(C)CC(C)CC1NC. The zero-order valence-electron chi connectivity index (χ0n) is 13.9. The predicted octanol–water partition coefficient (Wildman–Crippen LogP) is 2.76. The van der Waals surface area contributed by atoms with E-state index in [9.17, 15) is 0 Å². The highest BCUT2D eigenvalue weighted by atomic mass is 16.5. The molecule has 0 amide bonds. The van der Waals surface area contributed by atoms with Gasteiger partial charge in [0.1, 0.15) is 0 Å². The summed E-state index contributed by atoms with van der Waals surface area (Å²) < 4.78 is 5.81. The Balaban J connectivity index is 1.90. The third kappa shape index (κ3) is 4.19. The molecule has 118 valence electrons. The van der Waals surface area contributed by atoms with Crippen molar-refractivity contribution in [1.29, 1.82) is 0 Å². The molecular formula is C17H34N2O. The van der Waals surface area contributed by atoms with E-state index in [0.717, 1.165) is 37.5 Å². The first-order chi connectivity index (χ1) is 9.63. The molecule has 3 nitrogen and oxygen atoms in total. The van der Waals surface area contributed by atoms with Crippen molar-refractivity contribution in [1.82, 2.24) is 10.2 Å². The van der Waals surface area contributed by atoms with Crippen molar-refractivity contribution in [2.75, 3.05) is 33.3 Å². The van der Waals surface area contributed by atoms with Crippen LogP contribution in [0.2, 0.25) is 0 Å². The molecule has 1 N–H and O–H groups in total. The average Bonchev–Trinajstić information content (AvgIpc) is 2.93. The number of rotatable bonds is 6. The fraction of sp³-hybridized carbons (Fsp3) is 1.00. The standard InChI is InChI=1S/C17H34N2O/c1-5-19(11-15-7-6-8-20-15)12-16-14(3)9-13(2)10-17(16)18-4/h13-18H,5-12H2,1-4H3. The van der Waals surface area contributed by atoms with E-state index < -0.39 is 0 Å². The van der Waals surface area contributed by atoms with Crippen LogP contribution in [0.3, 0.4) is 0 Å². The Morgan fingerprint density at radius 1 is 1.20 bits per heavy atom. The van der Waals surface area contributed by atoms with E-state index in [-0.39, 0.29) is 0 Å². The van der Waals surface area contributed by atoms with E-state index in [1.165, 1.54) is 32.2 Å². The summed E-state index contributed by atoms with van der Waals surface area (Å²) >= 11 is 0. The lowest BCUT2D eigenvalue weighted by Gasteiger charge is -2.42. The monoisotopic (exact) mass is 282 g/mol. The molecule has 0 radical (unpaired) electrons. The van der Waals surface area contributed by atoms with E-state index in [2.05, 4.69) is 38.0 Å². The highest BCUT2D eigenvalue weighted by Gasteiger charge is 2.34. The third-order valence-corrected chi connectivity index (χ3v) is 5.45. The second-order valence-corrected chi connectivity index (χ2v) is 7.10. The summed E-state index contributed by atoms with van der Waals surface area (Å²) in [5.41, 5.74) is 0. The summed E-state index contributed by atoms with van der Waals surface area (Å²) in [6.45, 7) is 11.6. The molecule has 5 unspecified atom stereocenters. The normalized spacial score (nSPS) is 38.5. The van der Waals surface area contributed by atoms with Gasteiger partial charge < -0.3 is 15.0 Å². The largest absolute Gasteiger partial charge is 0.377 e. The van der Waals surface area contributed by atoms with Crippen LogP contribution in [0, 0.1) is 17.8 Å². The van der Waals surface area contributed by atoms with Crippen LogP contribution in [0.25, 0.3) is 0 Å². The van der Waals surface area contributed by atoms with Crippen molar-refractivity contribution in [3.63, 3.8) is 0 Å². The number of nitrogens with zero attached hydrogens (tertiary/aromatic N) is 1. The lowest BCUT2D eigenvalue weighted by Crippen LogP contribution is -2.49. The molecule has 3 heteroatoms. The predicted molar refractivity (Wildman–Crippen MR) is 85.0 cm³/mol. The maximum atomic E-state index is 5.81. The van der Waals surface area contributed by atoms with Gasteiger partial charge in [-0.05, 0) is 57.0 Å². The smallest absolute Gasteiger partial charge is 0.0702 e. The minimum absolute atomic E-state index is 0.487. The van der Waals surface area contributed by atoms with Crippen molar-refractivity contribution in [2.24, 2.45) is 17.8 Å². The third-order valence-electron chi connectivity index (χ3n) is 5.45. The minimum atomic E-state index is 0.487. The molecule has 1 aliphatic heterocycles. The Bertz CT molecular complexity index is 278. The maximum Gasteiger partial charge on any atom is 0.0702 e. The first-order valence-electron chi connectivity index (χ1n) is 8.65. The van der Waals surface area contributed by atoms with Crippen molar-refractivity contribution in [2.45, 2.75) is 58.6 Å². The fourth-order valence-corrected chi connectivity index (χ4v) is 4.26. The zero-order valence-corrected chi connectivity index (χ0v) is 13.9. The van der Waals surface area contributed by atoms with Gasteiger partial charge in [0.25, 0.3) is 0 Å². The molecule has 1 saturated carbocycles. The molecule has 0 spiro atoms. The van der Waals surface area contributed by atoms with Crippen molar-refractivity contribution < 1.29 is 4.74 Å². The minimum Gasteiger partial charge on any atom is -0.377 e. The lowest BCUT2D eigenvalue weighted by molar-refractivity contribution is 0.0508. The first-order valence-corrected chi connectivity index (χ1v) is 8.65. The summed E-state index contributed by atoms with van der Waals surface area (Å²) in [7, 11) is 2.14. The number of hydrogen-bond acceptors (Lipinski definition) is 3. The van der Waals surface area contributed by atoms with Crippen LogP contribution in [0.4, 0.5) is 0 Å². The summed E-state index contributed by atoms with van der Waals surface area (Å²) in [6, 6.07) is 0.687. The van der Waals surface area contributed by atoms with Gasteiger partial charge in [0.2, 0.25) is 0 Å². The van der Waals surface area contributed by atoms with Crippen LogP contribution >= 0.6 is 0 Å². The molecule has 1 heterocycles. The van der Waals surface area contributed by atoms with Crippen LogP contribution in [-0.2, 0) is 4.74 Å². The van der Waals surface area contributed by atoms with Crippen molar-refractivity contribution in [3.8, 4) is 0 Å². The molecule has 1 saturated heterocycles. The molecule has 2 fully saturated rings. The topological polar surface area (TPSA) is 24.5 Å². The summed E-state index contributed by atoms with van der Waals surface area (Å²) in [4.78, 5) is 2.62. The molecule has 1 aliphatic carbocycles. The highest BCUT2D eigenvalue weighted by Crippen LogP contribution is 2.34. The van der Waals surface area contributed by atoms with E-state index in [1.54, 1.807) is 0 Å². The molecule has 0 aromatic rings. The second kappa shape index (κ2) is 7.77. The van der Waals surface area contributed by atoms with E-state index in [1.807, 2.05) is 0 Å². The molecule has 0 aromatic heterocycles. The Morgan fingerprint density at radius 3 is 2.60 bits per heavy atom. The zero-order chi connectivity index (χ0) is 14.5. The van der Waals surface area contributed by atoms with Gasteiger partial charge in [0, 0.05) is 25.7 Å². The van der Waals surface area contributed by atoms with Crippen LogP contribution in [-0.4, -0.2) is 50.3 Å². The van der Waals surface area contributed by atoms with Gasteiger partial charge in [0.15, 0.2) is 0 Å². The first kappa shape index (κ1) is 16.3. The van der Waals surface area contributed by atoms with Gasteiger partial charge in [0.05, 0.1) is 6.10 Å². The number of hydrogen-bond donors (Lipinski definition) is 1. The highest BCUT2D eigenvalue weighted by molar-refractivity contribution is 4.89. The molecule has 0 aromatic carbocycles. The lowest BCUT2D eigenvalue weighted by atomic mass is 9.72. The number of likely N-dealkylation sites (N-methyl/N-ethyl adjacent to an activating group) is 1. The van der Waals surface area contributed by atoms with Crippen LogP contribution in [0.15, 0.2) is 0 Å². The van der Waals surface area contributed by atoms with Gasteiger partial charge in [-0.3, -0.25) is 0 Å². The molecule has 5 atom stereocenters. The molecule has 2 aliphatic rings. The van der Waals surface area contributed by atoms with Gasteiger partial charge in [-0.15, -0.1) is 0 Å². The van der Waals surface area contributed by atoms with Gasteiger partial charge >= 0.3 is 0 Å². The molecule has 2 rings (SSSR count). The van der Waals surface area contributed by atoms with E-state index in [4.69, 9.17) is 4.74 Å². The van der Waals surface area contributed by atoms with E-state index >= 15 is 0 Å². The van der Waals surface area contributed by atoms with Gasteiger partial charge in [-0.1, -0.05) is 20.8 Å². The van der Waals surface area contributed by atoms with Crippen LogP contribution < -0.4 is 5.32 Å². The van der Waals surface area contributed by atoms with Crippen molar-refractivity contribution in [3.05, 3.63) is 0 Å². The number of nitrogens with one attached hydrogen (secondary N) is 1. The van der Waals surface area contributed by atoms with Crippen LogP contribution in [0.1, 0.15) is 46.5 Å². The van der Waals surface area contributed by atoms with Crippen molar-refractivity contribution >= 4 is 0 Å². The Kier molecular flexibility index (Phi) is 6.31. The average molecular weight is 282 g/mol. The quantitative estimate of drug-likeness (QED) is 0.811. The Labute approximate surface area is 125 Å². The van der Waals surface area contributed by atoms with E-state index in [0.29, 0.717) is 12.1 Å². The van der Waals surface area contributed by atoms with Crippen LogP contribution in [0.5, 0.6) is 0 Å². The fourth-order valence-electron chi connectivity index (χ4n) is 4.26. The molecule has 20 heavy (non-hydrogen) atoms.